The SMILES string of the molecule is O=C(Cn1nnc(-c2ccc(Cl)cc2)n1)NCc1ccc(S(=O)(=O)N2CCOCC2)cc1. The summed E-state index contributed by atoms with van der Waals surface area (Å²) in [7, 11) is -3.54. The van der Waals surface area contributed by atoms with Gasteiger partial charge in [0.15, 0.2) is 0 Å². The first kappa shape index (κ1) is 22.3. The monoisotopic (exact) mass is 476 g/mol. The summed E-state index contributed by atoms with van der Waals surface area (Å²) in [6.45, 7) is 1.63. The van der Waals surface area contributed by atoms with Crippen molar-refractivity contribution < 1.29 is 17.9 Å². The molecule has 0 unspecified atom stereocenters. The van der Waals surface area contributed by atoms with Crippen LogP contribution >= 0.6 is 11.6 Å². The normalized spacial score (nSPS) is 14.9. The van der Waals surface area contributed by atoms with E-state index in [-0.39, 0.29) is 23.9 Å². The van der Waals surface area contributed by atoms with Crippen molar-refractivity contribution in [1.82, 2.24) is 29.8 Å². The topological polar surface area (TPSA) is 119 Å². The molecule has 2 aromatic carbocycles. The smallest absolute Gasteiger partial charge is 0.243 e. The Bertz CT molecular complexity index is 1180. The van der Waals surface area contributed by atoms with Crippen molar-refractivity contribution in [1.29, 1.82) is 0 Å². The lowest BCUT2D eigenvalue weighted by molar-refractivity contribution is -0.122. The van der Waals surface area contributed by atoms with Crippen molar-refractivity contribution in [3.63, 3.8) is 0 Å². The van der Waals surface area contributed by atoms with Crippen LogP contribution in [0.3, 0.4) is 0 Å². The number of carbonyl (C=O) groups is 1. The van der Waals surface area contributed by atoms with Gasteiger partial charge in [-0.3, -0.25) is 4.79 Å². The first-order valence-corrected chi connectivity index (χ1v) is 11.7. The minimum Gasteiger partial charge on any atom is -0.379 e. The van der Waals surface area contributed by atoms with E-state index in [2.05, 4.69) is 20.7 Å². The quantitative estimate of drug-likeness (QED) is 0.546. The van der Waals surface area contributed by atoms with Gasteiger partial charge in [0.05, 0.1) is 18.1 Å². The van der Waals surface area contributed by atoms with Crippen LogP contribution < -0.4 is 5.32 Å². The van der Waals surface area contributed by atoms with Gasteiger partial charge < -0.3 is 10.1 Å². The van der Waals surface area contributed by atoms with E-state index in [9.17, 15) is 13.2 Å². The van der Waals surface area contributed by atoms with Crippen molar-refractivity contribution in [2.75, 3.05) is 26.3 Å². The van der Waals surface area contributed by atoms with Crippen LogP contribution in [0.1, 0.15) is 5.56 Å². The molecule has 1 aliphatic rings. The van der Waals surface area contributed by atoms with Crippen LogP contribution in [-0.4, -0.2) is 65.1 Å². The summed E-state index contributed by atoms with van der Waals surface area (Å²) < 4.78 is 31.9. The fourth-order valence-corrected chi connectivity index (χ4v) is 4.66. The van der Waals surface area contributed by atoms with Gasteiger partial charge in [-0.25, -0.2) is 8.42 Å². The zero-order valence-electron chi connectivity index (χ0n) is 17.0. The molecule has 10 nitrogen and oxygen atoms in total. The number of nitrogens with one attached hydrogen (secondary N) is 1. The number of carbonyl (C=O) groups excluding carboxylic acids is 1. The van der Waals surface area contributed by atoms with Crippen LogP contribution in [0.15, 0.2) is 53.4 Å². The Labute approximate surface area is 190 Å². The number of aromatic nitrogens is 4. The molecule has 0 spiro atoms. The number of hydrogen-bond donors (Lipinski definition) is 1. The minimum absolute atomic E-state index is 0.0932. The Morgan fingerprint density at radius 3 is 2.44 bits per heavy atom. The third-order valence-corrected chi connectivity index (χ3v) is 7.03. The fraction of sp³-hybridized carbons (Fsp3) is 0.300. The van der Waals surface area contributed by atoms with Crippen LogP contribution in [-0.2, 0) is 32.6 Å². The van der Waals surface area contributed by atoms with E-state index in [0.29, 0.717) is 37.2 Å². The molecule has 0 radical (unpaired) electrons. The number of amides is 1. The third-order valence-electron chi connectivity index (χ3n) is 4.86. The maximum atomic E-state index is 12.7. The lowest BCUT2D eigenvalue weighted by Gasteiger charge is -2.26. The summed E-state index contributed by atoms with van der Waals surface area (Å²) in [5, 5.41) is 15.4. The summed E-state index contributed by atoms with van der Waals surface area (Å²) in [6.07, 6.45) is 0. The van der Waals surface area contributed by atoms with Gasteiger partial charge in [0.25, 0.3) is 0 Å². The molecule has 2 heterocycles. The molecule has 4 rings (SSSR count). The zero-order chi connectivity index (χ0) is 22.6. The van der Waals surface area contributed by atoms with E-state index < -0.39 is 10.0 Å². The van der Waals surface area contributed by atoms with Gasteiger partial charge in [0.2, 0.25) is 21.8 Å². The fourth-order valence-electron chi connectivity index (χ4n) is 3.13. The molecular weight excluding hydrogens is 456 g/mol. The van der Waals surface area contributed by atoms with Crippen molar-refractivity contribution >= 4 is 27.5 Å². The molecule has 12 heteroatoms. The second-order valence-corrected chi connectivity index (χ2v) is 9.46. The summed E-state index contributed by atoms with van der Waals surface area (Å²) in [5.74, 6) is 0.0987. The molecule has 1 aliphatic heterocycles. The van der Waals surface area contributed by atoms with Gasteiger partial charge in [0, 0.05) is 30.2 Å². The van der Waals surface area contributed by atoms with Crippen molar-refractivity contribution in [2.24, 2.45) is 0 Å². The molecule has 0 atom stereocenters. The highest BCUT2D eigenvalue weighted by Gasteiger charge is 2.26. The molecule has 1 N–H and O–H groups in total. The van der Waals surface area contributed by atoms with Crippen LogP contribution in [0.2, 0.25) is 5.02 Å². The first-order valence-electron chi connectivity index (χ1n) is 9.89. The van der Waals surface area contributed by atoms with Crippen LogP contribution in [0, 0.1) is 0 Å². The largest absolute Gasteiger partial charge is 0.379 e. The Balaban J connectivity index is 1.31. The number of hydrogen-bond acceptors (Lipinski definition) is 7. The Kier molecular flexibility index (Phi) is 6.80. The Hall–Kier alpha value is -2.86. The average Bonchev–Trinajstić information content (AvgIpc) is 3.27. The van der Waals surface area contributed by atoms with Crippen molar-refractivity contribution in [3.8, 4) is 11.4 Å². The zero-order valence-corrected chi connectivity index (χ0v) is 18.6. The molecule has 0 bridgehead atoms. The second-order valence-electron chi connectivity index (χ2n) is 7.09. The summed E-state index contributed by atoms with van der Waals surface area (Å²) >= 11 is 5.87. The van der Waals surface area contributed by atoms with E-state index in [1.165, 1.54) is 9.10 Å². The molecule has 3 aromatic rings. The number of nitrogens with zero attached hydrogens (tertiary/aromatic N) is 5. The predicted molar refractivity (Wildman–Crippen MR) is 116 cm³/mol. The molecule has 1 aromatic heterocycles. The summed E-state index contributed by atoms with van der Waals surface area (Å²) in [5.41, 5.74) is 1.51. The number of rotatable bonds is 7. The highest BCUT2D eigenvalue weighted by Crippen LogP contribution is 2.18. The molecule has 1 fully saturated rings. The molecule has 168 valence electrons. The average molecular weight is 477 g/mol. The highest BCUT2D eigenvalue weighted by atomic mass is 35.5. The lowest BCUT2D eigenvalue weighted by atomic mass is 10.2. The van der Waals surface area contributed by atoms with Crippen molar-refractivity contribution in [2.45, 2.75) is 18.0 Å². The number of benzene rings is 2. The predicted octanol–water partition coefficient (Wildman–Crippen LogP) is 1.33. The molecule has 0 aliphatic carbocycles. The van der Waals surface area contributed by atoms with Crippen LogP contribution in [0.5, 0.6) is 0 Å². The number of tetrazole rings is 1. The first-order chi connectivity index (χ1) is 15.4. The summed E-state index contributed by atoms with van der Waals surface area (Å²) in [4.78, 5) is 13.7. The van der Waals surface area contributed by atoms with E-state index in [0.717, 1.165) is 11.1 Å². The van der Waals surface area contributed by atoms with E-state index >= 15 is 0 Å². The van der Waals surface area contributed by atoms with Gasteiger partial charge in [-0.05, 0) is 47.2 Å². The Morgan fingerprint density at radius 1 is 1.06 bits per heavy atom. The molecule has 1 saturated heterocycles. The van der Waals surface area contributed by atoms with E-state index in [1.54, 1.807) is 48.5 Å². The van der Waals surface area contributed by atoms with Crippen LogP contribution in [0.25, 0.3) is 11.4 Å². The lowest BCUT2D eigenvalue weighted by Crippen LogP contribution is -2.40. The van der Waals surface area contributed by atoms with Crippen molar-refractivity contribution in [3.05, 3.63) is 59.1 Å². The van der Waals surface area contributed by atoms with E-state index in [4.69, 9.17) is 16.3 Å². The molecule has 0 saturated carbocycles. The van der Waals surface area contributed by atoms with E-state index in [1.807, 2.05) is 0 Å². The van der Waals surface area contributed by atoms with Crippen LogP contribution in [0.4, 0.5) is 0 Å². The number of halogens is 1. The highest BCUT2D eigenvalue weighted by molar-refractivity contribution is 7.89. The summed E-state index contributed by atoms with van der Waals surface area (Å²) in [6, 6.07) is 13.4. The van der Waals surface area contributed by atoms with Gasteiger partial charge >= 0.3 is 0 Å². The minimum atomic E-state index is -3.54. The van der Waals surface area contributed by atoms with Gasteiger partial charge in [-0.15, -0.1) is 10.2 Å². The molecular formula is C20H21ClN6O4S. The maximum Gasteiger partial charge on any atom is 0.243 e. The molecule has 1 amide bonds. The van der Waals surface area contributed by atoms with Gasteiger partial charge in [0.1, 0.15) is 6.54 Å². The standard InChI is InChI=1S/C20H21ClN6O4S/c21-17-5-3-16(4-6-17)20-23-25-27(24-20)14-19(28)22-13-15-1-7-18(8-2-15)32(29,30)26-9-11-31-12-10-26/h1-8H,9-14H2,(H,22,28). The Morgan fingerprint density at radius 2 is 1.75 bits per heavy atom. The van der Waals surface area contributed by atoms with Gasteiger partial charge in [-0.1, -0.05) is 23.7 Å². The third kappa shape index (κ3) is 5.30. The number of morpholine rings is 1. The molecule has 32 heavy (non-hydrogen) atoms. The van der Waals surface area contributed by atoms with Gasteiger partial charge in [-0.2, -0.15) is 9.10 Å². The number of ether oxygens (including phenoxy) is 1. The number of sulfonamides is 1. The second kappa shape index (κ2) is 9.74. The maximum absolute atomic E-state index is 12.7.